The van der Waals surface area contributed by atoms with Crippen LogP contribution in [-0.2, 0) is 9.53 Å². The van der Waals surface area contributed by atoms with E-state index in [1.54, 1.807) is 26.0 Å². The third-order valence-corrected chi connectivity index (χ3v) is 4.93. The Balaban J connectivity index is 0.000000633. The van der Waals surface area contributed by atoms with E-state index in [0.29, 0.717) is 17.4 Å². The molecule has 0 saturated carbocycles. The summed E-state index contributed by atoms with van der Waals surface area (Å²) >= 11 is 0. The number of carbonyl (C=O) groups excluding carboxylic acids is 2. The first kappa shape index (κ1) is 27.1. The van der Waals surface area contributed by atoms with Crippen LogP contribution < -0.4 is 10.5 Å². The molecule has 7 heteroatoms. The lowest BCUT2D eigenvalue weighted by Crippen LogP contribution is -2.29. The van der Waals surface area contributed by atoms with Crippen LogP contribution in [0.15, 0.2) is 46.1 Å². The number of esters is 1. The predicted octanol–water partition coefficient (Wildman–Crippen LogP) is 4.35. The van der Waals surface area contributed by atoms with Crippen molar-refractivity contribution in [3.05, 3.63) is 52.9 Å². The Bertz CT molecular complexity index is 986. The van der Waals surface area contributed by atoms with Crippen molar-refractivity contribution < 1.29 is 23.8 Å². The summed E-state index contributed by atoms with van der Waals surface area (Å²) in [5.41, 5.74) is 0.0186. The molecule has 2 rings (SSSR count). The van der Waals surface area contributed by atoms with Crippen molar-refractivity contribution in [2.75, 3.05) is 24.6 Å². The Hall–Kier alpha value is -2.93. The van der Waals surface area contributed by atoms with E-state index in [0.717, 1.165) is 24.8 Å². The molecule has 0 fully saturated rings. The van der Waals surface area contributed by atoms with E-state index in [9.17, 15) is 14.4 Å². The lowest BCUT2D eigenvalue weighted by atomic mass is 10.1. The molecule has 176 valence electrons. The maximum atomic E-state index is 12.5. The minimum absolute atomic E-state index is 0.0921. The molecule has 1 aromatic heterocycles. The SMILES string of the molecule is C=CC(=O)C(C)C.CCN(CC)c1ccc2c(C(=O)OC(C)(C)CCO)cc(=O)oc2c1. The topological polar surface area (TPSA) is 97.0 Å². The summed E-state index contributed by atoms with van der Waals surface area (Å²) in [6, 6.07) is 6.57. The van der Waals surface area contributed by atoms with Crippen LogP contribution in [-0.4, -0.2) is 42.2 Å². The number of anilines is 1. The van der Waals surface area contributed by atoms with Crippen molar-refractivity contribution in [1.82, 2.24) is 0 Å². The van der Waals surface area contributed by atoms with Gasteiger partial charge in [-0.1, -0.05) is 20.4 Å². The Morgan fingerprint density at radius 1 is 1.22 bits per heavy atom. The van der Waals surface area contributed by atoms with Crippen LogP contribution in [0.5, 0.6) is 0 Å². The lowest BCUT2D eigenvalue weighted by Gasteiger charge is -2.24. The highest BCUT2D eigenvalue weighted by molar-refractivity contribution is 6.03. The number of carbonyl (C=O) groups is 2. The number of rotatable bonds is 9. The minimum atomic E-state index is -0.824. The van der Waals surface area contributed by atoms with E-state index in [-0.39, 0.29) is 23.9 Å². The van der Waals surface area contributed by atoms with Crippen molar-refractivity contribution in [3.63, 3.8) is 0 Å². The van der Waals surface area contributed by atoms with E-state index in [4.69, 9.17) is 14.3 Å². The van der Waals surface area contributed by atoms with Crippen LogP contribution in [0.1, 0.15) is 58.3 Å². The Labute approximate surface area is 189 Å². The minimum Gasteiger partial charge on any atom is -0.456 e. The maximum absolute atomic E-state index is 12.5. The summed E-state index contributed by atoms with van der Waals surface area (Å²) in [5.74, 6) is -0.385. The molecular weight excluding hydrogens is 410 g/mol. The molecular formula is C25H35NO6. The van der Waals surface area contributed by atoms with Crippen LogP contribution in [0.4, 0.5) is 5.69 Å². The molecule has 0 spiro atoms. The zero-order chi connectivity index (χ0) is 24.5. The van der Waals surface area contributed by atoms with Crippen LogP contribution in [0, 0.1) is 5.92 Å². The van der Waals surface area contributed by atoms with Gasteiger partial charge in [-0.2, -0.15) is 0 Å². The summed E-state index contributed by atoms with van der Waals surface area (Å²) in [7, 11) is 0. The average Bonchev–Trinajstić information content (AvgIpc) is 2.73. The second kappa shape index (κ2) is 12.2. The fourth-order valence-corrected chi connectivity index (χ4v) is 2.97. The second-order valence-electron chi connectivity index (χ2n) is 8.22. The lowest BCUT2D eigenvalue weighted by molar-refractivity contribution is -0.117. The average molecular weight is 446 g/mol. The molecule has 0 atom stereocenters. The van der Waals surface area contributed by atoms with Gasteiger partial charge in [-0.05, 0) is 45.9 Å². The molecule has 0 amide bonds. The quantitative estimate of drug-likeness (QED) is 0.348. The van der Waals surface area contributed by atoms with Crippen molar-refractivity contribution in [1.29, 1.82) is 0 Å². The molecule has 32 heavy (non-hydrogen) atoms. The zero-order valence-electron chi connectivity index (χ0n) is 19.9. The number of nitrogens with zero attached hydrogens (tertiary/aromatic N) is 1. The van der Waals surface area contributed by atoms with Gasteiger partial charge in [0, 0.05) is 55.2 Å². The van der Waals surface area contributed by atoms with Gasteiger partial charge in [0.1, 0.15) is 11.2 Å². The summed E-state index contributed by atoms with van der Waals surface area (Å²) in [6.07, 6.45) is 1.66. The van der Waals surface area contributed by atoms with Crippen molar-refractivity contribution in [3.8, 4) is 0 Å². The summed E-state index contributed by atoms with van der Waals surface area (Å²) in [4.78, 5) is 36.9. The molecule has 1 aromatic carbocycles. The number of aliphatic hydroxyl groups excluding tert-OH is 1. The molecule has 0 radical (unpaired) electrons. The number of aliphatic hydroxyl groups is 1. The predicted molar refractivity (Wildman–Crippen MR) is 127 cm³/mol. The highest BCUT2D eigenvalue weighted by Gasteiger charge is 2.25. The van der Waals surface area contributed by atoms with Gasteiger partial charge in [-0.15, -0.1) is 0 Å². The van der Waals surface area contributed by atoms with Crippen LogP contribution in [0.25, 0.3) is 11.0 Å². The molecule has 7 nitrogen and oxygen atoms in total. The van der Waals surface area contributed by atoms with Gasteiger partial charge >= 0.3 is 11.6 Å². The Morgan fingerprint density at radius 3 is 2.31 bits per heavy atom. The van der Waals surface area contributed by atoms with Crippen molar-refractivity contribution in [2.24, 2.45) is 5.92 Å². The van der Waals surface area contributed by atoms with Gasteiger partial charge in [0.2, 0.25) is 0 Å². The van der Waals surface area contributed by atoms with Gasteiger partial charge < -0.3 is 19.2 Å². The number of hydrogen-bond donors (Lipinski definition) is 1. The van der Waals surface area contributed by atoms with E-state index in [1.807, 2.05) is 33.8 Å². The van der Waals surface area contributed by atoms with E-state index < -0.39 is 17.2 Å². The van der Waals surface area contributed by atoms with Crippen LogP contribution >= 0.6 is 0 Å². The highest BCUT2D eigenvalue weighted by atomic mass is 16.6. The van der Waals surface area contributed by atoms with Crippen LogP contribution in [0.2, 0.25) is 0 Å². The molecule has 0 aliphatic carbocycles. The Morgan fingerprint density at radius 2 is 1.84 bits per heavy atom. The highest BCUT2D eigenvalue weighted by Crippen LogP contribution is 2.26. The molecule has 1 heterocycles. The van der Waals surface area contributed by atoms with Gasteiger partial charge in [0.05, 0.1) is 5.56 Å². The fourth-order valence-electron chi connectivity index (χ4n) is 2.97. The third kappa shape index (κ3) is 7.64. The van der Waals surface area contributed by atoms with E-state index in [1.165, 1.54) is 6.08 Å². The number of benzene rings is 1. The smallest absolute Gasteiger partial charge is 0.339 e. The zero-order valence-corrected chi connectivity index (χ0v) is 19.9. The standard InChI is InChI=1S/C19H25NO5.C6H10O/c1-5-20(6-2)13-7-8-14-15(12-17(22)24-16(14)11-13)18(23)25-19(3,4)9-10-21;1-4-6(7)5(2)3/h7-8,11-12,21H,5-6,9-10H2,1-4H3;4-5H,1H2,2-3H3. The summed E-state index contributed by atoms with van der Waals surface area (Å²) in [5, 5.41) is 9.60. The van der Waals surface area contributed by atoms with Gasteiger partial charge in [0.25, 0.3) is 0 Å². The number of fused-ring (bicyclic) bond motifs is 1. The number of hydrogen-bond acceptors (Lipinski definition) is 7. The largest absolute Gasteiger partial charge is 0.456 e. The molecule has 0 unspecified atom stereocenters. The van der Waals surface area contributed by atoms with E-state index in [2.05, 4.69) is 11.5 Å². The second-order valence-corrected chi connectivity index (χ2v) is 8.22. The third-order valence-electron chi connectivity index (χ3n) is 4.93. The first-order chi connectivity index (χ1) is 15.0. The normalized spacial score (nSPS) is 11.0. The van der Waals surface area contributed by atoms with Gasteiger partial charge in [-0.25, -0.2) is 9.59 Å². The number of allylic oxidation sites excluding steroid dienone is 1. The maximum Gasteiger partial charge on any atom is 0.339 e. The summed E-state index contributed by atoms with van der Waals surface area (Å²) < 4.78 is 10.7. The first-order valence-electron chi connectivity index (χ1n) is 10.8. The number of ether oxygens (including phenoxy) is 1. The molecule has 0 aliphatic rings. The number of ketones is 1. The van der Waals surface area contributed by atoms with Crippen LogP contribution in [0.3, 0.4) is 0 Å². The molecule has 0 saturated heterocycles. The summed E-state index contributed by atoms with van der Waals surface area (Å²) in [6.45, 7) is 16.1. The molecule has 0 bridgehead atoms. The molecule has 2 aromatic rings. The van der Waals surface area contributed by atoms with E-state index >= 15 is 0 Å². The Kier molecular flexibility index (Phi) is 10.3. The van der Waals surface area contributed by atoms with Crippen molar-refractivity contribution in [2.45, 2.75) is 53.6 Å². The van der Waals surface area contributed by atoms with Crippen molar-refractivity contribution >= 4 is 28.4 Å². The molecule has 0 aliphatic heterocycles. The fraction of sp³-hybridized carbons (Fsp3) is 0.480. The first-order valence-corrected chi connectivity index (χ1v) is 10.8. The monoisotopic (exact) mass is 445 g/mol. The van der Waals surface area contributed by atoms with Gasteiger partial charge in [0.15, 0.2) is 5.78 Å². The molecule has 1 N–H and O–H groups in total. The van der Waals surface area contributed by atoms with Gasteiger partial charge in [-0.3, -0.25) is 4.79 Å².